The average molecular weight is 316 g/mol. The Balaban J connectivity index is 2.68. The van der Waals surface area contributed by atoms with Gasteiger partial charge < -0.3 is 15.0 Å². The molecule has 0 spiro atoms. The van der Waals surface area contributed by atoms with Crippen LogP contribution in [0.5, 0.6) is 5.75 Å². The van der Waals surface area contributed by atoms with Crippen molar-refractivity contribution >= 4 is 15.9 Å². The van der Waals surface area contributed by atoms with Crippen molar-refractivity contribution in [1.82, 2.24) is 10.1 Å². The zero-order valence-corrected chi connectivity index (χ0v) is 11.4. The van der Waals surface area contributed by atoms with Crippen molar-refractivity contribution in [2.45, 2.75) is 13.5 Å². The number of methoxy groups -OCH3 is 1. The van der Waals surface area contributed by atoms with Crippen molar-refractivity contribution in [3.8, 4) is 17.1 Å². The molecule has 0 amide bonds. The fourth-order valence-corrected chi connectivity index (χ4v) is 2.16. The van der Waals surface area contributed by atoms with Gasteiger partial charge >= 0.3 is 0 Å². The largest absolute Gasteiger partial charge is 0.495 e. The molecule has 1 aromatic carbocycles. The van der Waals surface area contributed by atoms with Gasteiger partial charge in [0.25, 0.3) is 0 Å². The van der Waals surface area contributed by atoms with Crippen molar-refractivity contribution in [3.63, 3.8) is 0 Å². The van der Waals surface area contributed by atoms with Crippen molar-refractivity contribution in [3.05, 3.63) is 27.8 Å². The smallest absolute Gasteiger partial charge is 0.240 e. The van der Waals surface area contributed by atoms with Crippen LogP contribution < -0.4 is 10.5 Å². The molecule has 0 unspecified atom stereocenters. The summed E-state index contributed by atoms with van der Waals surface area (Å²) in [5.74, 6) is 0.617. The highest BCUT2D eigenvalue weighted by Crippen LogP contribution is 2.38. The Morgan fingerprint density at radius 2 is 2.28 bits per heavy atom. The second kappa shape index (κ2) is 5.03. The molecule has 2 rings (SSSR count). The summed E-state index contributed by atoms with van der Waals surface area (Å²) in [6.07, 6.45) is 0. The maximum Gasteiger partial charge on any atom is 0.240 e. The molecule has 0 atom stereocenters. The Hall–Kier alpha value is -1.47. The normalized spacial score (nSPS) is 10.7. The van der Waals surface area contributed by atoms with E-state index >= 15 is 0 Å². The molecule has 1 heterocycles. The van der Waals surface area contributed by atoms with Gasteiger partial charge in [0.1, 0.15) is 11.6 Å². The minimum Gasteiger partial charge on any atom is -0.495 e. The number of halogens is 2. The maximum absolute atomic E-state index is 13.7. The van der Waals surface area contributed by atoms with Crippen LogP contribution in [0.15, 0.2) is 15.1 Å². The van der Waals surface area contributed by atoms with Gasteiger partial charge in [0.05, 0.1) is 23.7 Å². The highest BCUT2D eigenvalue weighted by atomic mass is 79.9. The Morgan fingerprint density at radius 3 is 2.83 bits per heavy atom. The molecule has 1 aromatic heterocycles. The highest BCUT2D eigenvalue weighted by Gasteiger charge is 2.21. The number of hydrogen-bond donors (Lipinski definition) is 1. The van der Waals surface area contributed by atoms with E-state index in [1.807, 2.05) is 0 Å². The number of aromatic nitrogens is 2. The van der Waals surface area contributed by atoms with Crippen LogP contribution in [0.2, 0.25) is 0 Å². The van der Waals surface area contributed by atoms with E-state index in [1.54, 1.807) is 6.92 Å². The number of nitrogens with zero attached hydrogens (tertiary/aromatic N) is 2. The number of hydrogen-bond acceptors (Lipinski definition) is 5. The third-order valence-corrected chi connectivity index (χ3v) is 3.09. The van der Waals surface area contributed by atoms with E-state index in [9.17, 15) is 4.39 Å². The average Bonchev–Trinajstić information content (AvgIpc) is 2.81. The summed E-state index contributed by atoms with van der Waals surface area (Å²) in [5.41, 5.74) is 6.24. The molecule has 0 radical (unpaired) electrons. The summed E-state index contributed by atoms with van der Waals surface area (Å²) in [5, 5.41) is 3.78. The highest BCUT2D eigenvalue weighted by molar-refractivity contribution is 9.10. The van der Waals surface area contributed by atoms with E-state index in [0.29, 0.717) is 21.3 Å². The zero-order chi connectivity index (χ0) is 13.3. The van der Waals surface area contributed by atoms with Gasteiger partial charge in [-0.2, -0.15) is 4.98 Å². The Morgan fingerprint density at radius 1 is 1.56 bits per heavy atom. The fraction of sp³-hybridized carbons (Fsp3) is 0.273. The molecule has 0 bridgehead atoms. The van der Waals surface area contributed by atoms with E-state index in [2.05, 4.69) is 26.1 Å². The lowest BCUT2D eigenvalue weighted by Crippen LogP contribution is -1.98. The molecule has 2 N–H and O–H groups in total. The van der Waals surface area contributed by atoms with E-state index in [4.69, 9.17) is 15.0 Å². The minimum atomic E-state index is -0.378. The summed E-state index contributed by atoms with van der Waals surface area (Å²) >= 11 is 3.24. The molecule has 0 aliphatic rings. The van der Waals surface area contributed by atoms with Crippen molar-refractivity contribution in [1.29, 1.82) is 0 Å². The Bertz CT molecular complexity index is 586. The summed E-state index contributed by atoms with van der Waals surface area (Å²) in [7, 11) is 1.49. The predicted octanol–water partition coefficient (Wildman–Crippen LogP) is 2.41. The predicted molar refractivity (Wildman–Crippen MR) is 66.6 cm³/mol. The number of ether oxygens (including phenoxy) is 1. The topological polar surface area (TPSA) is 74.2 Å². The first kappa shape index (κ1) is 13.0. The van der Waals surface area contributed by atoms with Crippen LogP contribution in [0.1, 0.15) is 11.5 Å². The first-order valence-corrected chi connectivity index (χ1v) is 5.93. The van der Waals surface area contributed by atoms with Crippen LogP contribution in [0.3, 0.4) is 0 Å². The van der Waals surface area contributed by atoms with Crippen LogP contribution in [-0.2, 0) is 6.54 Å². The second-order valence-corrected chi connectivity index (χ2v) is 4.44. The third-order valence-electron chi connectivity index (χ3n) is 2.50. The van der Waals surface area contributed by atoms with Crippen molar-refractivity contribution in [2.75, 3.05) is 7.11 Å². The molecular formula is C11H11BrFN3O2. The van der Waals surface area contributed by atoms with Gasteiger partial charge in [0.2, 0.25) is 11.7 Å². The lowest BCUT2D eigenvalue weighted by atomic mass is 10.1. The molecule has 0 aliphatic carbocycles. The molecule has 5 nitrogen and oxygen atoms in total. The summed E-state index contributed by atoms with van der Waals surface area (Å²) in [6, 6.07) is 1.33. The monoisotopic (exact) mass is 315 g/mol. The standard InChI is InChI=1S/C11H11BrFN3O2/c1-5-7(13)3-6(12)10(17-2)9(5)11-15-8(4-14)18-16-11/h3H,4,14H2,1-2H3. The molecule has 2 aromatic rings. The van der Waals surface area contributed by atoms with Crippen molar-refractivity contribution < 1.29 is 13.7 Å². The van der Waals surface area contributed by atoms with Gasteiger partial charge in [0.15, 0.2) is 0 Å². The van der Waals surface area contributed by atoms with Gasteiger partial charge in [-0.25, -0.2) is 4.39 Å². The van der Waals surface area contributed by atoms with Crippen LogP contribution >= 0.6 is 15.9 Å². The molecular weight excluding hydrogens is 305 g/mol. The summed E-state index contributed by atoms with van der Waals surface area (Å²) in [6.45, 7) is 1.75. The molecule has 0 aliphatic heterocycles. The van der Waals surface area contributed by atoms with E-state index in [1.165, 1.54) is 13.2 Å². The first-order chi connectivity index (χ1) is 8.58. The number of benzene rings is 1. The Labute approximate surface area is 111 Å². The summed E-state index contributed by atoms with van der Waals surface area (Å²) < 4.78 is 24.4. The molecule has 0 saturated heterocycles. The van der Waals surface area contributed by atoms with Crippen LogP contribution in [0, 0.1) is 12.7 Å². The maximum atomic E-state index is 13.7. The van der Waals surface area contributed by atoms with E-state index in [-0.39, 0.29) is 24.1 Å². The molecule has 18 heavy (non-hydrogen) atoms. The minimum absolute atomic E-state index is 0.130. The van der Waals surface area contributed by atoms with Gasteiger partial charge in [-0.1, -0.05) is 5.16 Å². The van der Waals surface area contributed by atoms with Gasteiger partial charge in [0, 0.05) is 0 Å². The van der Waals surface area contributed by atoms with Crippen molar-refractivity contribution in [2.24, 2.45) is 5.73 Å². The first-order valence-electron chi connectivity index (χ1n) is 5.14. The van der Waals surface area contributed by atoms with Gasteiger partial charge in [-0.05, 0) is 34.5 Å². The van der Waals surface area contributed by atoms with E-state index < -0.39 is 0 Å². The molecule has 7 heteroatoms. The number of nitrogens with two attached hydrogens (primary N) is 1. The van der Waals surface area contributed by atoms with E-state index in [0.717, 1.165) is 0 Å². The SMILES string of the molecule is COc1c(Br)cc(F)c(C)c1-c1noc(CN)n1. The Kier molecular flexibility index (Phi) is 3.63. The van der Waals surface area contributed by atoms with Crippen LogP contribution in [0.25, 0.3) is 11.4 Å². The fourth-order valence-electron chi connectivity index (χ4n) is 1.60. The molecule has 0 saturated carbocycles. The second-order valence-electron chi connectivity index (χ2n) is 3.59. The van der Waals surface area contributed by atoms with Gasteiger partial charge in [-0.15, -0.1) is 0 Å². The molecule has 96 valence electrons. The lowest BCUT2D eigenvalue weighted by Gasteiger charge is -2.11. The van der Waals surface area contributed by atoms with Crippen LogP contribution in [0.4, 0.5) is 4.39 Å². The van der Waals surface area contributed by atoms with Crippen LogP contribution in [-0.4, -0.2) is 17.3 Å². The zero-order valence-electron chi connectivity index (χ0n) is 9.83. The van der Waals surface area contributed by atoms with Gasteiger partial charge in [-0.3, -0.25) is 0 Å². The number of rotatable bonds is 3. The molecule has 0 fully saturated rings. The third kappa shape index (κ3) is 2.11. The quantitative estimate of drug-likeness (QED) is 0.941. The lowest BCUT2D eigenvalue weighted by molar-refractivity contribution is 0.379. The summed E-state index contributed by atoms with van der Waals surface area (Å²) in [4.78, 5) is 4.08.